The summed E-state index contributed by atoms with van der Waals surface area (Å²) in [7, 11) is 0. The third-order valence-electron chi connectivity index (χ3n) is 6.14. The monoisotopic (exact) mass is 440 g/mol. The number of carbonyl (C=O) groups is 2. The summed E-state index contributed by atoms with van der Waals surface area (Å²) >= 11 is 5.93. The van der Waals surface area contributed by atoms with Crippen molar-refractivity contribution in [2.75, 3.05) is 37.6 Å². The van der Waals surface area contributed by atoms with Crippen LogP contribution in [0, 0.1) is 0 Å². The van der Waals surface area contributed by atoms with Crippen molar-refractivity contribution in [3.63, 3.8) is 0 Å². The van der Waals surface area contributed by atoms with Crippen LogP contribution in [0.5, 0.6) is 0 Å². The van der Waals surface area contributed by atoms with E-state index in [1.54, 1.807) is 0 Å². The Labute approximate surface area is 188 Å². The molecule has 0 aliphatic carbocycles. The quantitative estimate of drug-likeness (QED) is 0.749. The van der Waals surface area contributed by atoms with Crippen molar-refractivity contribution >= 4 is 29.1 Å². The molecule has 2 N–H and O–H groups in total. The standard InChI is InChI=1S/C24H29ClN4O2/c25-20-9-7-18(8-10-20)16-21(26)24(31)28-14-12-27(13-15-28)22-5-2-1-4-19(22)17-29-11-3-6-23(29)30/h1-2,4-5,7-10,21H,3,6,11-17,26H2/t21-/m0/s1. The number of likely N-dealkylation sites (tertiary alicyclic amines) is 1. The highest BCUT2D eigenvalue weighted by molar-refractivity contribution is 6.30. The number of para-hydroxylation sites is 1. The summed E-state index contributed by atoms with van der Waals surface area (Å²) in [4.78, 5) is 31.0. The van der Waals surface area contributed by atoms with Crippen molar-refractivity contribution in [1.29, 1.82) is 0 Å². The van der Waals surface area contributed by atoms with Gasteiger partial charge in [0.15, 0.2) is 0 Å². The fraction of sp³-hybridized carbons (Fsp3) is 0.417. The number of hydrogen-bond donors (Lipinski definition) is 1. The Hall–Kier alpha value is -2.57. The van der Waals surface area contributed by atoms with Gasteiger partial charge >= 0.3 is 0 Å². The van der Waals surface area contributed by atoms with Gasteiger partial charge in [0.2, 0.25) is 11.8 Å². The molecule has 0 bridgehead atoms. The van der Waals surface area contributed by atoms with Crippen molar-refractivity contribution < 1.29 is 9.59 Å². The third kappa shape index (κ3) is 5.20. The number of hydrogen-bond acceptors (Lipinski definition) is 4. The molecule has 1 atom stereocenters. The number of carbonyl (C=O) groups excluding carboxylic acids is 2. The second-order valence-corrected chi connectivity index (χ2v) is 8.73. The fourth-order valence-electron chi connectivity index (χ4n) is 4.39. The Bertz CT molecular complexity index is 925. The maximum absolute atomic E-state index is 12.9. The Morgan fingerprint density at radius 3 is 2.39 bits per heavy atom. The maximum atomic E-state index is 12.9. The van der Waals surface area contributed by atoms with Crippen LogP contribution < -0.4 is 10.6 Å². The number of piperazine rings is 1. The lowest BCUT2D eigenvalue weighted by Gasteiger charge is -2.38. The van der Waals surface area contributed by atoms with E-state index in [1.807, 2.05) is 46.2 Å². The van der Waals surface area contributed by atoms with Crippen LogP contribution in [0.25, 0.3) is 0 Å². The maximum Gasteiger partial charge on any atom is 0.239 e. The number of halogens is 1. The summed E-state index contributed by atoms with van der Waals surface area (Å²) in [6.07, 6.45) is 2.10. The molecule has 2 aliphatic rings. The second-order valence-electron chi connectivity index (χ2n) is 8.30. The van der Waals surface area contributed by atoms with E-state index in [9.17, 15) is 9.59 Å². The van der Waals surface area contributed by atoms with Crippen LogP contribution in [0.1, 0.15) is 24.0 Å². The molecule has 2 fully saturated rings. The lowest BCUT2D eigenvalue weighted by molar-refractivity contribution is -0.133. The average molecular weight is 441 g/mol. The average Bonchev–Trinajstić information content (AvgIpc) is 3.19. The smallest absolute Gasteiger partial charge is 0.239 e. The molecule has 6 nitrogen and oxygen atoms in total. The van der Waals surface area contributed by atoms with Crippen molar-refractivity contribution in [3.05, 3.63) is 64.7 Å². The molecule has 0 spiro atoms. The van der Waals surface area contributed by atoms with Gasteiger partial charge in [-0.25, -0.2) is 0 Å². The van der Waals surface area contributed by atoms with Crippen LogP contribution in [-0.2, 0) is 22.6 Å². The van der Waals surface area contributed by atoms with Crippen LogP contribution in [0.15, 0.2) is 48.5 Å². The first-order valence-corrected chi connectivity index (χ1v) is 11.3. The molecule has 2 saturated heterocycles. The van der Waals surface area contributed by atoms with E-state index in [0.717, 1.165) is 42.9 Å². The van der Waals surface area contributed by atoms with Gasteiger partial charge in [-0.15, -0.1) is 0 Å². The number of rotatable bonds is 6. The topological polar surface area (TPSA) is 69.9 Å². The number of nitrogens with zero attached hydrogens (tertiary/aromatic N) is 3. The molecular formula is C24H29ClN4O2. The molecule has 2 aromatic carbocycles. The molecule has 7 heteroatoms. The first kappa shape index (κ1) is 21.7. The minimum atomic E-state index is -0.554. The van der Waals surface area contributed by atoms with E-state index >= 15 is 0 Å². The fourth-order valence-corrected chi connectivity index (χ4v) is 4.52. The van der Waals surface area contributed by atoms with Gasteiger partial charge in [0.05, 0.1) is 6.04 Å². The summed E-state index contributed by atoms with van der Waals surface area (Å²) in [5, 5.41) is 0.675. The van der Waals surface area contributed by atoms with Gasteiger partial charge in [-0.1, -0.05) is 41.9 Å². The van der Waals surface area contributed by atoms with E-state index in [-0.39, 0.29) is 11.8 Å². The first-order valence-electron chi connectivity index (χ1n) is 10.9. The molecule has 0 unspecified atom stereocenters. The molecule has 2 aliphatic heterocycles. The van der Waals surface area contributed by atoms with Crippen molar-refractivity contribution in [2.45, 2.75) is 31.8 Å². The molecule has 2 heterocycles. The highest BCUT2D eigenvalue weighted by Gasteiger charge is 2.27. The van der Waals surface area contributed by atoms with E-state index in [4.69, 9.17) is 17.3 Å². The number of benzene rings is 2. The second kappa shape index (κ2) is 9.71. The number of amides is 2. The van der Waals surface area contributed by atoms with Crippen LogP contribution in [0.2, 0.25) is 5.02 Å². The Morgan fingerprint density at radius 1 is 1.00 bits per heavy atom. The molecule has 164 valence electrons. The Morgan fingerprint density at radius 2 is 1.71 bits per heavy atom. The SMILES string of the molecule is N[C@@H](Cc1ccc(Cl)cc1)C(=O)N1CCN(c2ccccc2CN2CCCC2=O)CC1. The van der Waals surface area contributed by atoms with E-state index in [0.29, 0.717) is 37.5 Å². The normalized spacial score (nSPS) is 17.9. The van der Waals surface area contributed by atoms with Crippen molar-refractivity contribution in [1.82, 2.24) is 9.80 Å². The third-order valence-corrected chi connectivity index (χ3v) is 6.39. The minimum Gasteiger partial charge on any atom is -0.368 e. The summed E-state index contributed by atoms with van der Waals surface area (Å²) in [6, 6.07) is 15.2. The van der Waals surface area contributed by atoms with Crippen LogP contribution >= 0.6 is 11.6 Å². The largest absolute Gasteiger partial charge is 0.368 e. The highest BCUT2D eigenvalue weighted by atomic mass is 35.5. The molecule has 0 radical (unpaired) electrons. The zero-order valence-electron chi connectivity index (χ0n) is 17.7. The number of nitrogens with two attached hydrogens (primary N) is 1. The summed E-state index contributed by atoms with van der Waals surface area (Å²) < 4.78 is 0. The predicted molar refractivity (Wildman–Crippen MR) is 123 cm³/mol. The van der Waals surface area contributed by atoms with E-state index < -0.39 is 6.04 Å². The Kier molecular flexibility index (Phi) is 6.78. The summed E-state index contributed by atoms with van der Waals surface area (Å²) in [5.41, 5.74) is 9.54. The highest BCUT2D eigenvalue weighted by Crippen LogP contribution is 2.25. The van der Waals surface area contributed by atoms with Crippen LogP contribution in [0.3, 0.4) is 0 Å². The van der Waals surface area contributed by atoms with E-state index in [2.05, 4.69) is 17.0 Å². The molecule has 2 aromatic rings. The van der Waals surface area contributed by atoms with Gasteiger partial charge in [0.25, 0.3) is 0 Å². The van der Waals surface area contributed by atoms with Gasteiger partial charge in [0.1, 0.15) is 0 Å². The summed E-state index contributed by atoms with van der Waals surface area (Å²) in [5.74, 6) is 0.227. The minimum absolute atomic E-state index is 0.00875. The molecule has 0 aromatic heterocycles. The van der Waals surface area contributed by atoms with Gasteiger partial charge in [-0.05, 0) is 42.2 Å². The molecular weight excluding hydrogens is 412 g/mol. The van der Waals surface area contributed by atoms with Crippen molar-refractivity contribution in [2.24, 2.45) is 5.73 Å². The molecule has 31 heavy (non-hydrogen) atoms. The molecule has 0 saturated carbocycles. The van der Waals surface area contributed by atoms with Crippen LogP contribution in [-0.4, -0.2) is 60.4 Å². The van der Waals surface area contributed by atoms with Gasteiger partial charge in [-0.2, -0.15) is 0 Å². The zero-order chi connectivity index (χ0) is 21.8. The van der Waals surface area contributed by atoms with Gasteiger partial charge in [-0.3, -0.25) is 9.59 Å². The van der Waals surface area contributed by atoms with Crippen LogP contribution in [0.4, 0.5) is 5.69 Å². The summed E-state index contributed by atoms with van der Waals surface area (Å²) in [6.45, 7) is 4.28. The van der Waals surface area contributed by atoms with Gasteiger partial charge < -0.3 is 20.4 Å². The number of anilines is 1. The predicted octanol–water partition coefficient (Wildman–Crippen LogP) is 2.68. The zero-order valence-corrected chi connectivity index (χ0v) is 18.4. The Balaban J connectivity index is 1.35. The molecule has 2 amide bonds. The molecule has 4 rings (SSSR count). The van der Waals surface area contributed by atoms with E-state index in [1.165, 1.54) is 0 Å². The van der Waals surface area contributed by atoms with Gasteiger partial charge in [0, 0.05) is 56.4 Å². The lowest BCUT2D eigenvalue weighted by Crippen LogP contribution is -2.53. The van der Waals surface area contributed by atoms with Crippen molar-refractivity contribution in [3.8, 4) is 0 Å². The lowest BCUT2D eigenvalue weighted by atomic mass is 10.0. The first-order chi connectivity index (χ1) is 15.0.